The molecule has 0 saturated carbocycles. The Hall–Kier alpha value is -1.87. The monoisotopic (exact) mass is 256 g/mol. The Morgan fingerprint density at radius 3 is 2.68 bits per heavy atom. The molecule has 0 spiro atoms. The molecule has 0 bridgehead atoms. The maximum atomic E-state index is 9.69. The van der Waals surface area contributed by atoms with Crippen LogP contribution in [0.1, 0.15) is 22.5 Å². The first-order chi connectivity index (χ1) is 9.16. The number of nitrogens with zero attached hydrogens (tertiary/aromatic N) is 1. The van der Waals surface area contributed by atoms with Gasteiger partial charge in [-0.25, -0.2) is 0 Å². The maximum absolute atomic E-state index is 9.69. The van der Waals surface area contributed by atoms with Gasteiger partial charge >= 0.3 is 0 Å². The molecule has 3 nitrogen and oxygen atoms in total. The predicted molar refractivity (Wildman–Crippen MR) is 77.2 cm³/mol. The highest BCUT2D eigenvalue weighted by molar-refractivity contribution is 5.28. The van der Waals surface area contributed by atoms with Crippen LogP contribution in [0.4, 0.5) is 0 Å². The number of aromatic hydroxyl groups is 1. The number of nitrogens with one attached hydrogen (secondary N) is 1. The maximum Gasteiger partial charge on any atom is 0.138 e. The Balaban J connectivity index is 1.84. The highest BCUT2D eigenvalue weighted by atomic mass is 16.3. The summed E-state index contributed by atoms with van der Waals surface area (Å²) in [5.41, 5.74) is 4.32. The minimum absolute atomic E-state index is 0.258. The van der Waals surface area contributed by atoms with Crippen LogP contribution in [0.25, 0.3) is 0 Å². The largest absolute Gasteiger partial charge is 0.506 e. The first kappa shape index (κ1) is 13.6. The standard InChI is InChI=1S/C16H20N2O/c1-12-5-3-4-6-14(12)9-10-17-11-15-16(19)8-7-13(2)18-15/h3-8,17,19H,9-11H2,1-2H3. The van der Waals surface area contributed by atoms with E-state index in [1.165, 1.54) is 11.1 Å². The second kappa shape index (κ2) is 6.34. The van der Waals surface area contributed by atoms with E-state index in [4.69, 9.17) is 0 Å². The summed E-state index contributed by atoms with van der Waals surface area (Å²) in [6.07, 6.45) is 0.985. The molecule has 0 amide bonds. The molecule has 2 rings (SSSR count). The van der Waals surface area contributed by atoms with Crippen LogP contribution in [-0.2, 0) is 13.0 Å². The summed E-state index contributed by atoms with van der Waals surface area (Å²) >= 11 is 0. The molecule has 1 heterocycles. The van der Waals surface area contributed by atoms with Crippen LogP contribution in [0.5, 0.6) is 5.75 Å². The minimum atomic E-state index is 0.258. The number of aromatic nitrogens is 1. The molecule has 2 aromatic rings. The van der Waals surface area contributed by atoms with Crippen molar-refractivity contribution in [2.24, 2.45) is 0 Å². The molecule has 0 radical (unpaired) electrons. The van der Waals surface area contributed by atoms with Crippen LogP contribution in [0.2, 0.25) is 0 Å². The van der Waals surface area contributed by atoms with Crippen LogP contribution in [-0.4, -0.2) is 16.6 Å². The quantitative estimate of drug-likeness (QED) is 0.809. The van der Waals surface area contributed by atoms with Crippen LogP contribution in [0.15, 0.2) is 36.4 Å². The van der Waals surface area contributed by atoms with Crippen molar-refractivity contribution in [2.45, 2.75) is 26.8 Å². The van der Waals surface area contributed by atoms with E-state index in [1.54, 1.807) is 6.07 Å². The van der Waals surface area contributed by atoms with Crippen molar-refractivity contribution in [3.63, 3.8) is 0 Å². The number of rotatable bonds is 5. The number of pyridine rings is 1. The van der Waals surface area contributed by atoms with Gasteiger partial charge in [-0.05, 0) is 50.1 Å². The molecule has 2 N–H and O–H groups in total. The zero-order valence-corrected chi connectivity index (χ0v) is 11.5. The predicted octanol–water partition coefficient (Wildman–Crippen LogP) is 2.74. The summed E-state index contributed by atoms with van der Waals surface area (Å²) in [4.78, 5) is 4.32. The molecule has 3 heteroatoms. The van der Waals surface area contributed by atoms with E-state index in [9.17, 15) is 5.11 Å². The SMILES string of the molecule is Cc1ccc(O)c(CNCCc2ccccc2C)n1. The van der Waals surface area contributed by atoms with Crippen LogP contribution in [0, 0.1) is 13.8 Å². The van der Waals surface area contributed by atoms with Gasteiger partial charge in [0.1, 0.15) is 5.75 Å². The molecule has 1 aromatic carbocycles. The van der Waals surface area contributed by atoms with Crippen molar-refractivity contribution in [2.75, 3.05) is 6.54 Å². The van der Waals surface area contributed by atoms with E-state index < -0.39 is 0 Å². The smallest absolute Gasteiger partial charge is 0.138 e. The van der Waals surface area contributed by atoms with Gasteiger partial charge in [0.25, 0.3) is 0 Å². The van der Waals surface area contributed by atoms with Crippen molar-refractivity contribution >= 4 is 0 Å². The summed E-state index contributed by atoms with van der Waals surface area (Å²) < 4.78 is 0. The van der Waals surface area contributed by atoms with Gasteiger partial charge in [0.2, 0.25) is 0 Å². The molecule has 0 aliphatic carbocycles. The summed E-state index contributed by atoms with van der Waals surface area (Å²) in [7, 11) is 0. The number of hydrogen-bond acceptors (Lipinski definition) is 3. The van der Waals surface area contributed by atoms with Gasteiger partial charge in [-0.1, -0.05) is 24.3 Å². The average molecular weight is 256 g/mol. The first-order valence-electron chi connectivity index (χ1n) is 6.57. The molecule has 100 valence electrons. The molecular weight excluding hydrogens is 236 g/mol. The fraction of sp³-hybridized carbons (Fsp3) is 0.312. The minimum Gasteiger partial charge on any atom is -0.506 e. The van der Waals surface area contributed by atoms with Gasteiger partial charge in [-0.2, -0.15) is 0 Å². The van der Waals surface area contributed by atoms with Gasteiger partial charge in [0.05, 0.1) is 5.69 Å². The molecule has 0 atom stereocenters. The van der Waals surface area contributed by atoms with Crippen molar-refractivity contribution in [3.05, 3.63) is 58.9 Å². The third kappa shape index (κ3) is 3.80. The Labute approximate surface area is 114 Å². The van der Waals surface area contributed by atoms with E-state index in [0.29, 0.717) is 12.2 Å². The van der Waals surface area contributed by atoms with Crippen LogP contribution in [0.3, 0.4) is 0 Å². The fourth-order valence-corrected chi connectivity index (χ4v) is 2.05. The Bertz CT molecular complexity index is 552. The fourth-order valence-electron chi connectivity index (χ4n) is 2.05. The Kier molecular flexibility index (Phi) is 4.53. The second-order valence-electron chi connectivity index (χ2n) is 4.77. The van der Waals surface area contributed by atoms with E-state index in [2.05, 4.69) is 41.5 Å². The van der Waals surface area contributed by atoms with Gasteiger partial charge in [-0.15, -0.1) is 0 Å². The van der Waals surface area contributed by atoms with Crippen molar-refractivity contribution < 1.29 is 5.11 Å². The molecular formula is C16H20N2O. The molecule has 0 aliphatic rings. The van der Waals surface area contributed by atoms with E-state index in [0.717, 1.165) is 18.7 Å². The van der Waals surface area contributed by atoms with E-state index >= 15 is 0 Å². The lowest BCUT2D eigenvalue weighted by Crippen LogP contribution is -2.18. The molecule has 0 saturated heterocycles. The molecule has 0 unspecified atom stereocenters. The van der Waals surface area contributed by atoms with E-state index in [-0.39, 0.29) is 5.75 Å². The zero-order valence-electron chi connectivity index (χ0n) is 11.5. The summed E-state index contributed by atoms with van der Waals surface area (Å²) in [6, 6.07) is 11.9. The highest BCUT2D eigenvalue weighted by Gasteiger charge is 2.03. The lowest BCUT2D eigenvalue weighted by atomic mass is 10.1. The van der Waals surface area contributed by atoms with Gasteiger partial charge in [-0.3, -0.25) is 4.98 Å². The number of aryl methyl sites for hydroxylation is 2. The third-order valence-corrected chi connectivity index (χ3v) is 3.21. The zero-order chi connectivity index (χ0) is 13.7. The highest BCUT2D eigenvalue weighted by Crippen LogP contribution is 2.14. The van der Waals surface area contributed by atoms with Crippen molar-refractivity contribution in [1.29, 1.82) is 0 Å². The van der Waals surface area contributed by atoms with Crippen LogP contribution >= 0.6 is 0 Å². The Morgan fingerprint density at radius 2 is 1.89 bits per heavy atom. The number of hydrogen-bond donors (Lipinski definition) is 2. The normalized spacial score (nSPS) is 10.6. The molecule has 19 heavy (non-hydrogen) atoms. The summed E-state index contributed by atoms with van der Waals surface area (Å²) in [5.74, 6) is 0.258. The topological polar surface area (TPSA) is 45.1 Å². The molecule has 0 fully saturated rings. The third-order valence-electron chi connectivity index (χ3n) is 3.21. The van der Waals surface area contributed by atoms with Gasteiger partial charge < -0.3 is 10.4 Å². The molecule has 0 aliphatic heterocycles. The molecule has 1 aromatic heterocycles. The average Bonchev–Trinajstić information content (AvgIpc) is 2.40. The lowest BCUT2D eigenvalue weighted by Gasteiger charge is -2.08. The van der Waals surface area contributed by atoms with Crippen LogP contribution < -0.4 is 5.32 Å². The van der Waals surface area contributed by atoms with Crippen molar-refractivity contribution in [1.82, 2.24) is 10.3 Å². The summed E-state index contributed by atoms with van der Waals surface area (Å²) in [5, 5.41) is 13.0. The lowest BCUT2D eigenvalue weighted by molar-refractivity contribution is 0.459. The Morgan fingerprint density at radius 1 is 1.11 bits per heavy atom. The first-order valence-corrected chi connectivity index (χ1v) is 6.57. The van der Waals surface area contributed by atoms with Crippen molar-refractivity contribution in [3.8, 4) is 5.75 Å². The van der Waals surface area contributed by atoms with Gasteiger partial charge in [0, 0.05) is 12.2 Å². The number of benzene rings is 1. The second-order valence-corrected chi connectivity index (χ2v) is 4.77. The summed E-state index contributed by atoms with van der Waals surface area (Å²) in [6.45, 7) is 5.53. The van der Waals surface area contributed by atoms with E-state index in [1.807, 2.05) is 13.0 Å². The van der Waals surface area contributed by atoms with Gasteiger partial charge in [0.15, 0.2) is 0 Å².